The second kappa shape index (κ2) is 4.48. The van der Waals surface area contributed by atoms with E-state index < -0.39 is 0 Å². The van der Waals surface area contributed by atoms with Crippen LogP contribution in [0.5, 0.6) is 0 Å². The molecule has 92 valence electrons. The van der Waals surface area contributed by atoms with E-state index >= 15 is 0 Å². The molecule has 0 saturated heterocycles. The molecule has 1 spiro atoms. The highest BCUT2D eigenvalue weighted by molar-refractivity contribution is 9.10. The number of aromatic nitrogens is 1. The highest BCUT2D eigenvalue weighted by Crippen LogP contribution is 2.38. The Morgan fingerprint density at radius 2 is 2.00 bits per heavy atom. The minimum atomic E-state index is 0.289. The number of hydrogen-bond donors (Lipinski definition) is 2. The summed E-state index contributed by atoms with van der Waals surface area (Å²) in [5, 5.41) is 7.19. The second-order valence-electron chi connectivity index (χ2n) is 5.19. The van der Waals surface area contributed by atoms with Gasteiger partial charge in [0.25, 0.3) is 0 Å². The Kier molecular flexibility index (Phi) is 2.99. The first-order valence-corrected chi connectivity index (χ1v) is 7.24. The van der Waals surface area contributed by atoms with Gasteiger partial charge in [0.1, 0.15) is 5.82 Å². The number of fused-ring (bicyclic) bond motifs is 1. The summed E-state index contributed by atoms with van der Waals surface area (Å²) in [5.41, 5.74) is 1.42. The number of halogens is 1. The van der Waals surface area contributed by atoms with E-state index in [9.17, 15) is 0 Å². The van der Waals surface area contributed by atoms with Crippen molar-refractivity contribution in [1.82, 2.24) is 4.98 Å². The lowest BCUT2D eigenvalue weighted by Gasteiger charge is -2.37. The van der Waals surface area contributed by atoms with Crippen LogP contribution in [0.15, 0.2) is 16.7 Å². The summed E-state index contributed by atoms with van der Waals surface area (Å²) in [7, 11) is 0. The minimum Gasteiger partial charge on any atom is -0.382 e. The monoisotopic (exact) mass is 295 g/mol. The summed E-state index contributed by atoms with van der Waals surface area (Å²) in [6, 6.07) is 2.11. The van der Waals surface area contributed by atoms with Crippen LogP contribution in [0.1, 0.15) is 38.5 Å². The third kappa shape index (κ3) is 2.28. The van der Waals surface area contributed by atoms with E-state index in [4.69, 9.17) is 0 Å². The van der Waals surface area contributed by atoms with Gasteiger partial charge in [0.05, 0.1) is 5.69 Å². The number of nitrogens with one attached hydrogen (secondary N) is 2. The standard InChI is InChI=1S/C13H18BrN3/c14-10-8-11-12(16-9-10)17-13(6-7-15-11)4-2-1-3-5-13/h8-9,15H,1-7H2,(H,16,17). The molecule has 2 aliphatic rings. The van der Waals surface area contributed by atoms with Crippen molar-refractivity contribution in [1.29, 1.82) is 0 Å². The van der Waals surface area contributed by atoms with Crippen LogP contribution in [0.3, 0.4) is 0 Å². The number of nitrogens with zero attached hydrogens (tertiary/aromatic N) is 1. The summed E-state index contributed by atoms with van der Waals surface area (Å²) in [6.45, 7) is 1.04. The molecule has 1 aromatic rings. The van der Waals surface area contributed by atoms with Gasteiger partial charge in [-0.05, 0) is 41.3 Å². The molecule has 0 amide bonds. The number of anilines is 2. The van der Waals surface area contributed by atoms with Gasteiger partial charge in [-0.25, -0.2) is 4.98 Å². The SMILES string of the molecule is Brc1cnc2c(c1)NCCC1(CCCCC1)N2. The first-order valence-electron chi connectivity index (χ1n) is 6.45. The number of rotatable bonds is 0. The van der Waals surface area contributed by atoms with Crippen molar-refractivity contribution in [3.63, 3.8) is 0 Å². The lowest BCUT2D eigenvalue weighted by Crippen LogP contribution is -2.40. The predicted molar refractivity (Wildman–Crippen MR) is 74.5 cm³/mol. The van der Waals surface area contributed by atoms with Gasteiger partial charge in [-0.3, -0.25) is 0 Å². The summed E-state index contributed by atoms with van der Waals surface area (Å²) in [4.78, 5) is 4.51. The van der Waals surface area contributed by atoms with Crippen molar-refractivity contribution in [2.75, 3.05) is 17.2 Å². The molecule has 4 heteroatoms. The van der Waals surface area contributed by atoms with Crippen LogP contribution in [-0.4, -0.2) is 17.1 Å². The fourth-order valence-corrected chi connectivity index (χ4v) is 3.36. The lowest BCUT2D eigenvalue weighted by molar-refractivity contribution is 0.312. The maximum absolute atomic E-state index is 4.51. The maximum Gasteiger partial charge on any atom is 0.149 e. The average molecular weight is 296 g/mol. The van der Waals surface area contributed by atoms with Crippen LogP contribution in [0, 0.1) is 0 Å². The average Bonchev–Trinajstić information content (AvgIpc) is 2.49. The van der Waals surface area contributed by atoms with E-state index in [0.29, 0.717) is 0 Å². The molecule has 2 heterocycles. The van der Waals surface area contributed by atoms with Gasteiger partial charge < -0.3 is 10.6 Å². The van der Waals surface area contributed by atoms with Crippen LogP contribution in [0.25, 0.3) is 0 Å². The zero-order valence-corrected chi connectivity index (χ0v) is 11.5. The summed E-state index contributed by atoms with van der Waals surface area (Å²) >= 11 is 3.47. The third-order valence-electron chi connectivity index (χ3n) is 3.97. The minimum absolute atomic E-state index is 0.289. The molecular weight excluding hydrogens is 278 g/mol. The first-order chi connectivity index (χ1) is 8.27. The molecule has 1 fully saturated rings. The Bertz CT molecular complexity index is 413. The zero-order valence-electron chi connectivity index (χ0n) is 9.93. The summed E-state index contributed by atoms with van der Waals surface area (Å²) in [5.74, 6) is 1.02. The van der Waals surface area contributed by atoms with E-state index in [1.807, 2.05) is 6.20 Å². The largest absolute Gasteiger partial charge is 0.382 e. The Balaban J connectivity index is 1.90. The van der Waals surface area contributed by atoms with E-state index in [1.165, 1.54) is 38.5 Å². The molecule has 3 nitrogen and oxygen atoms in total. The number of pyridine rings is 1. The molecule has 3 rings (SSSR count). The van der Waals surface area contributed by atoms with Crippen molar-refractivity contribution < 1.29 is 0 Å². The molecule has 1 aliphatic carbocycles. The van der Waals surface area contributed by atoms with Gasteiger partial charge in [-0.15, -0.1) is 0 Å². The Labute approximate surface area is 111 Å². The fraction of sp³-hybridized carbons (Fsp3) is 0.615. The molecule has 0 bridgehead atoms. The molecule has 2 N–H and O–H groups in total. The quantitative estimate of drug-likeness (QED) is 0.765. The molecular formula is C13H18BrN3. The molecule has 0 unspecified atom stereocenters. The maximum atomic E-state index is 4.51. The predicted octanol–water partition coefficient (Wildman–Crippen LogP) is 3.77. The highest BCUT2D eigenvalue weighted by Gasteiger charge is 2.34. The van der Waals surface area contributed by atoms with Crippen LogP contribution < -0.4 is 10.6 Å². The second-order valence-corrected chi connectivity index (χ2v) is 6.11. The fourth-order valence-electron chi connectivity index (χ4n) is 3.03. The highest BCUT2D eigenvalue weighted by atomic mass is 79.9. The van der Waals surface area contributed by atoms with Gasteiger partial charge in [0, 0.05) is 22.8 Å². The normalized spacial score (nSPS) is 22.2. The van der Waals surface area contributed by atoms with E-state index in [2.05, 4.69) is 37.6 Å². The summed E-state index contributed by atoms with van der Waals surface area (Å²) < 4.78 is 1.03. The van der Waals surface area contributed by atoms with Gasteiger partial charge in [-0.1, -0.05) is 19.3 Å². The van der Waals surface area contributed by atoms with E-state index in [1.54, 1.807) is 0 Å². The third-order valence-corrected chi connectivity index (χ3v) is 4.40. The first kappa shape index (κ1) is 11.3. The Hall–Kier alpha value is -0.770. The zero-order chi connectivity index (χ0) is 11.7. The van der Waals surface area contributed by atoms with Crippen molar-refractivity contribution in [3.05, 3.63) is 16.7 Å². The van der Waals surface area contributed by atoms with Crippen LogP contribution in [0.2, 0.25) is 0 Å². The van der Waals surface area contributed by atoms with Crippen LogP contribution in [0.4, 0.5) is 11.5 Å². The van der Waals surface area contributed by atoms with E-state index in [-0.39, 0.29) is 5.54 Å². The van der Waals surface area contributed by atoms with Crippen molar-refractivity contribution >= 4 is 27.4 Å². The van der Waals surface area contributed by atoms with Crippen molar-refractivity contribution in [2.24, 2.45) is 0 Å². The Morgan fingerprint density at radius 1 is 1.18 bits per heavy atom. The molecule has 1 aliphatic heterocycles. The van der Waals surface area contributed by atoms with Gasteiger partial charge in [-0.2, -0.15) is 0 Å². The Morgan fingerprint density at radius 3 is 2.82 bits per heavy atom. The van der Waals surface area contributed by atoms with Crippen molar-refractivity contribution in [2.45, 2.75) is 44.1 Å². The molecule has 1 aromatic heterocycles. The van der Waals surface area contributed by atoms with Crippen molar-refractivity contribution in [3.8, 4) is 0 Å². The molecule has 0 radical (unpaired) electrons. The van der Waals surface area contributed by atoms with Gasteiger partial charge in [0.15, 0.2) is 0 Å². The molecule has 0 aromatic carbocycles. The topological polar surface area (TPSA) is 37.0 Å². The van der Waals surface area contributed by atoms with Gasteiger partial charge in [0.2, 0.25) is 0 Å². The molecule has 17 heavy (non-hydrogen) atoms. The molecule has 1 saturated carbocycles. The van der Waals surface area contributed by atoms with Crippen LogP contribution in [-0.2, 0) is 0 Å². The van der Waals surface area contributed by atoms with Gasteiger partial charge >= 0.3 is 0 Å². The number of hydrogen-bond acceptors (Lipinski definition) is 3. The smallest absolute Gasteiger partial charge is 0.149 e. The lowest BCUT2D eigenvalue weighted by atomic mass is 9.79. The summed E-state index contributed by atoms with van der Waals surface area (Å²) in [6.07, 6.45) is 9.71. The van der Waals surface area contributed by atoms with Crippen LogP contribution >= 0.6 is 15.9 Å². The van der Waals surface area contributed by atoms with E-state index in [0.717, 1.165) is 22.5 Å². The molecule has 0 atom stereocenters.